The van der Waals surface area contributed by atoms with Crippen molar-refractivity contribution in [2.75, 3.05) is 14.2 Å². The van der Waals surface area contributed by atoms with Gasteiger partial charge in [-0.3, -0.25) is 0 Å². The van der Waals surface area contributed by atoms with E-state index in [1.807, 2.05) is 98.8 Å². The maximum absolute atomic E-state index is 12.4. The number of carbonyl (C=O) groups is 2. The van der Waals surface area contributed by atoms with E-state index in [-0.39, 0.29) is 0 Å². The molecule has 0 atom stereocenters. The Kier molecular flexibility index (Phi) is 6.23. The number of methoxy groups -OCH3 is 2. The van der Waals surface area contributed by atoms with Gasteiger partial charge in [0.15, 0.2) is 11.5 Å². The van der Waals surface area contributed by atoms with E-state index < -0.39 is 12.3 Å². The van der Waals surface area contributed by atoms with Gasteiger partial charge in [0.1, 0.15) is 0 Å². The zero-order valence-electron chi connectivity index (χ0n) is 22.5. The van der Waals surface area contributed by atoms with Crippen LogP contribution in [0.2, 0.25) is 0 Å². The van der Waals surface area contributed by atoms with Crippen LogP contribution in [0.25, 0.3) is 54.2 Å². The topological polar surface area (TPSA) is 71.1 Å². The Labute approximate surface area is 230 Å². The Morgan fingerprint density at radius 1 is 0.475 bits per heavy atom. The Morgan fingerprint density at radius 3 is 1.20 bits per heavy atom. The summed E-state index contributed by atoms with van der Waals surface area (Å²) in [6.45, 7) is 4.00. The molecule has 198 valence electrons. The minimum absolute atomic E-state index is 0.453. The molecule has 6 aromatic carbocycles. The van der Waals surface area contributed by atoms with E-state index in [1.54, 1.807) is 0 Å². The molecule has 6 nitrogen and oxygen atoms in total. The van der Waals surface area contributed by atoms with Crippen molar-refractivity contribution in [3.63, 3.8) is 0 Å². The summed E-state index contributed by atoms with van der Waals surface area (Å²) in [5, 5.41) is 6.87. The molecule has 40 heavy (non-hydrogen) atoms. The van der Waals surface area contributed by atoms with Gasteiger partial charge in [-0.15, -0.1) is 0 Å². The van der Waals surface area contributed by atoms with Gasteiger partial charge in [-0.1, -0.05) is 84.9 Å². The SMILES string of the molecule is COC(=O)Oc1c2ccccc2c(-c2c3ccccc3c(OC(=O)OC)c3c(C)cccc23)c2cccc(C)c12. The number of benzene rings is 6. The molecule has 0 fully saturated rings. The predicted molar refractivity (Wildman–Crippen MR) is 157 cm³/mol. The van der Waals surface area contributed by atoms with Crippen LogP contribution in [0.5, 0.6) is 11.5 Å². The fourth-order valence-electron chi connectivity index (χ4n) is 5.71. The molecule has 0 unspecified atom stereocenters. The second-order valence-electron chi connectivity index (χ2n) is 9.61. The number of carbonyl (C=O) groups excluding carboxylic acids is 2. The maximum atomic E-state index is 12.4. The standard InChI is InChI=1S/C34H26O6/c1-19-11-9-17-25-27(19)31(39-33(35)37-3)23-15-7-5-13-21(23)29(25)30-22-14-6-8-16-24(22)32(40-34(36)38-4)28-20(2)12-10-18-26(28)30/h5-18H,1-4H3. The van der Waals surface area contributed by atoms with Gasteiger partial charge >= 0.3 is 12.3 Å². The smallest absolute Gasteiger partial charge is 0.437 e. The number of hydrogen-bond acceptors (Lipinski definition) is 6. The third kappa shape index (κ3) is 3.88. The van der Waals surface area contributed by atoms with E-state index in [1.165, 1.54) is 14.2 Å². The lowest BCUT2D eigenvalue weighted by atomic mass is 9.84. The van der Waals surface area contributed by atoms with E-state index in [4.69, 9.17) is 18.9 Å². The number of ether oxygens (including phenoxy) is 4. The summed E-state index contributed by atoms with van der Waals surface area (Å²) in [7, 11) is 2.60. The molecule has 6 aromatic rings. The molecule has 6 heteroatoms. The van der Waals surface area contributed by atoms with Crippen molar-refractivity contribution in [3.8, 4) is 22.6 Å². The molecule has 0 aliphatic carbocycles. The molecule has 0 amide bonds. The minimum Gasteiger partial charge on any atom is -0.437 e. The van der Waals surface area contributed by atoms with Crippen LogP contribution in [-0.4, -0.2) is 26.5 Å². The zero-order chi connectivity index (χ0) is 28.0. The average molecular weight is 531 g/mol. The zero-order valence-corrected chi connectivity index (χ0v) is 22.5. The highest BCUT2D eigenvalue weighted by molar-refractivity contribution is 6.27. The van der Waals surface area contributed by atoms with Gasteiger partial charge in [0, 0.05) is 21.5 Å². The quantitative estimate of drug-likeness (QED) is 0.129. The van der Waals surface area contributed by atoms with Crippen molar-refractivity contribution in [1.29, 1.82) is 0 Å². The minimum atomic E-state index is -0.779. The van der Waals surface area contributed by atoms with E-state index >= 15 is 0 Å². The van der Waals surface area contributed by atoms with Gasteiger partial charge in [0.2, 0.25) is 0 Å². The summed E-state index contributed by atoms with van der Waals surface area (Å²) in [4.78, 5) is 24.8. The molecule has 0 heterocycles. The average Bonchev–Trinajstić information content (AvgIpc) is 2.97. The second kappa shape index (κ2) is 9.89. The third-order valence-corrected chi connectivity index (χ3v) is 7.37. The van der Waals surface area contributed by atoms with Crippen molar-refractivity contribution < 1.29 is 28.5 Å². The highest BCUT2D eigenvalue weighted by atomic mass is 16.7. The van der Waals surface area contributed by atoms with Crippen molar-refractivity contribution in [3.05, 3.63) is 96.1 Å². The molecule has 0 radical (unpaired) electrons. The number of aryl methyl sites for hydroxylation is 2. The molecular formula is C34H26O6. The first-order chi connectivity index (χ1) is 19.4. The first-order valence-corrected chi connectivity index (χ1v) is 12.8. The third-order valence-electron chi connectivity index (χ3n) is 7.37. The summed E-state index contributed by atoms with van der Waals surface area (Å²) < 4.78 is 21.4. The van der Waals surface area contributed by atoms with Gasteiger partial charge < -0.3 is 18.9 Å². The van der Waals surface area contributed by atoms with Crippen LogP contribution < -0.4 is 9.47 Å². The summed E-state index contributed by atoms with van der Waals surface area (Å²) in [6, 6.07) is 27.9. The Morgan fingerprint density at radius 2 is 0.825 bits per heavy atom. The lowest BCUT2D eigenvalue weighted by Crippen LogP contribution is -2.09. The molecule has 0 aliphatic rings. The fourth-order valence-corrected chi connectivity index (χ4v) is 5.71. The van der Waals surface area contributed by atoms with Gasteiger partial charge in [0.05, 0.1) is 14.2 Å². The first kappa shape index (κ1) is 25.2. The Bertz CT molecular complexity index is 1840. The normalized spacial score (nSPS) is 11.2. The summed E-state index contributed by atoms with van der Waals surface area (Å²) in [5.41, 5.74) is 3.89. The van der Waals surface area contributed by atoms with Crippen LogP contribution in [-0.2, 0) is 9.47 Å². The maximum Gasteiger partial charge on any atom is 0.513 e. The number of fused-ring (bicyclic) bond motifs is 4. The van der Waals surface area contributed by atoms with Crippen molar-refractivity contribution in [1.82, 2.24) is 0 Å². The number of rotatable bonds is 3. The molecule has 0 aromatic heterocycles. The molecule has 0 aliphatic heterocycles. The molecule has 0 spiro atoms. The summed E-state index contributed by atoms with van der Waals surface area (Å²) in [6.07, 6.45) is -1.56. The Hall–Kier alpha value is -5.10. The second-order valence-corrected chi connectivity index (χ2v) is 9.61. The first-order valence-electron chi connectivity index (χ1n) is 12.8. The van der Waals surface area contributed by atoms with Gasteiger partial charge in [-0.05, 0) is 57.6 Å². The number of hydrogen-bond donors (Lipinski definition) is 0. The van der Waals surface area contributed by atoms with Crippen LogP contribution in [0.1, 0.15) is 11.1 Å². The van der Waals surface area contributed by atoms with Crippen LogP contribution in [0.15, 0.2) is 84.9 Å². The van der Waals surface area contributed by atoms with Crippen molar-refractivity contribution >= 4 is 55.4 Å². The van der Waals surface area contributed by atoms with Crippen molar-refractivity contribution in [2.24, 2.45) is 0 Å². The Balaban J connectivity index is 1.87. The van der Waals surface area contributed by atoms with Crippen LogP contribution in [0, 0.1) is 13.8 Å². The molecule has 0 saturated heterocycles. The van der Waals surface area contributed by atoms with E-state index in [0.717, 1.165) is 65.3 Å². The predicted octanol–water partition coefficient (Wildman–Crippen LogP) is 8.87. The lowest BCUT2D eigenvalue weighted by Gasteiger charge is -2.22. The van der Waals surface area contributed by atoms with Crippen molar-refractivity contribution in [2.45, 2.75) is 13.8 Å². The largest absolute Gasteiger partial charge is 0.513 e. The fraction of sp³-hybridized carbons (Fsp3) is 0.118. The van der Waals surface area contributed by atoms with Crippen LogP contribution in [0.4, 0.5) is 9.59 Å². The highest BCUT2D eigenvalue weighted by Crippen LogP contribution is 2.50. The van der Waals surface area contributed by atoms with E-state index in [9.17, 15) is 9.59 Å². The monoisotopic (exact) mass is 530 g/mol. The molecular weight excluding hydrogens is 504 g/mol. The highest BCUT2D eigenvalue weighted by Gasteiger charge is 2.25. The molecule has 0 bridgehead atoms. The van der Waals surface area contributed by atoms with Crippen LogP contribution >= 0.6 is 0 Å². The molecule has 0 N–H and O–H groups in total. The van der Waals surface area contributed by atoms with Crippen LogP contribution in [0.3, 0.4) is 0 Å². The van der Waals surface area contributed by atoms with E-state index in [0.29, 0.717) is 11.5 Å². The van der Waals surface area contributed by atoms with E-state index in [2.05, 4.69) is 0 Å². The molecule has 0 saturated carbocycles. The van der Waals surface area contributed by atoms with Gasteiger partial charge in [-0.25, -0.2) is 9.59 Å². The lowest BCUT2D eigenvalue weighted by molar-refractivity contribution is 0.121. The van der Waals surface area contributed by atoms with Gasteiger partial charge in [-0.2, -0.15) is 0 Å². The van der Waals surface area contributed by atoms with Gasteiger partial charge in [0.25, 0.3) is 0 Å². The molecule has 6 rings (SSSR count). The summed E-state index contributed by atoms with van der Waals surface area (Å²) >= 11 is 0. The summed E-state index contributed by atoms with van der Waals surface area (Å²) in [5.74, 6) is 0.907.